The highest BCUT2D eigenvalue weighted by molar-refractivity contribution is 5.83. The fourth-order valence-electron chi connectivity index (χ4n) is 3.51. The van der Waals surface area contributed by atoms with Gasteiger partial charge in [0, 0.05) is 12.1 Å². The second-order valence-corrected chi connectivity index (χ2v) is 6.52. The van der Waals surface area contributed by atoms with Crippen molar-refractivity contribution in [1.82, 2.24) is 4.90 Å². The molecule has 2 nitrogen and oxygen atoms in total. The van der Waals surface area contributed by atoms with Crippen molar-refractivity contribution < 1.29 is 0 Å². The lowest BCUT2D eigenvalue weighted by molar-refractivity contribution is 0.132. The number of benzene rings is 2. The lowest BCUT2D eigenvalue weighted by atomic mass is 9.89. The molecule has 0 aromatic heterocycles. The Morgan fingerprint density at radius 3 is 2.33 bits per heavy atom. The Labute approximate surface area is 127 Å². The monoisotopic (exact) mass is 282 g/mol. The second kappa shape index (κ2) is 6.17. The molecule has 0 radical (unpaired) electrons. The van der Waals surface area contributed by atoms with E-state index in [0.29, 0.717) is 18.0 Å². The van der Waals surface area contributed by atoms with Crippen molar-refractivity contribution >= 4 is 10.8 Å². The first-order valence-corrected chi connectivity index (χ1v) is 8.13. The van der Waals surface area contributed by atoms with Gasteiger partial charge in [-0.25, -0.2) is 0 Å². The van der Waals surface area contributed by atoms with E-state index in [9.17, 15) is 0 Å². The fourth-order valence-corrected chi connectivity index (χ4v) is 3.51. The molecule has 2 unspecified atom stereocenters. The van der Waals surface area contributed by atoms with Crippen molar-refractivity contribution in [3.8, 4) is 0 Å². The third kappa shape index (κ3) is 3.12. The Balaban J connectivity index is 1.73. The highest BCUT2D eigenvalue weighted by Crippen LogP contribution is 2.29. The molecule has 2 atom stereocenters. The number of fused-ring (bicyclic) bond motifs is 1. The summed E-state index contributed by atoms with van der Waals surface area (Å²) in [5.74, 6) is 0.699. The standard InChI is InChI=1S/C19H26N2/c1-14(20)16-9-11-21(12-10-16)15(2)18-8-7-17-5-3-4-6-19(17)13-18/h3-8,13-16H,9-12,20H2,1-2H3. The summed E-state index contributed by atoms with van der Waals surface area (Å²) in [6.45, 7) is 6.81. The fraction of sp³-hybridized carbons (Fsp3) is 0.474. The molecule has 0 bridgehead atoms. The SMILES string of the molecule is CC(N)C1CCN(C(C)c2ccc3ccccc3c2)CC1. The van der Waals surface area contributed by atoms with Crippen molar-refractivity contribution in [2.75, 3.05) is 13.1 Å². The van der Waals surface area contributed by atoms with Crippen molar-refractivity contribution in [2.24, 2.45) is 11.7 Å². The first-order chi connectivity index (χ1) is 10.1. The highest BCUT2D eigenvalue weighted by Gasteiger charge is 2.25. The Hall–Kier alpha value is -1.38. The van der Waals surface area contributed by atoms with Gasteiger partial charge in [-0.1, -0.05) is 36.4 Å². The molecule has 1 saturated heterocycles. The number of rotatable bonds is 3. The summed E-state index contributed by atoms with van der Waals surface area (Å²) in [6.07, 6.45) is 2.46. The summed E-state index contributed by atoms with van der Waals surface area (Å²) < 4.78 is 0. The number of hydrogen-bond acceptors (Lipinski definition) is 2. The van der Waals surface area contributed by atoms with Crippen LogP contribution in [0.4, 0.5) is 0 Å². The Kier molecular flexibility index (Phi) is 4.27. The van der Waals surface area contributed by atoms with Crippen molar-refractivity contribution in [2.45, 2.75) is 38.8 Å². The Bertz CT molecular complexity index is 597. The minimum atomic E-state index is 0.336. The van der Waals surface area contributed by atoms with Gasteiger partial charge in [0.05, 0.1) is 0 Å². The molecule has 1 heterocycles. The first kappa shape index (κ1) is 14.6. The van der Waals surface area contributed by atoms with E-state index in [2.05, 4.69) is 61.2 Å². The smallest absolute Gasteiger partial charge is 0.0320 e. The largest absolute Gasteiger partial charge is 0.328 e. The van der Waals surface area contributed by atoms with E-state index in [1.54, 1.807) is 0 Å². The van der Waals surface area contributed by atoms with E-state index in [1.165, 1.54) is 42.3 Å². The third-order valence-electron chi connectivity index (χ3n) is 5.12. The average molecular weight is 282 g/mol. The van der Waals surface area contributed by atoms with Gasteiger partial charge in [-0.2, -0.15) is 0 Å². The first-order valence-electron chi connectivity index (χ1n) is 8.13. The highest BCUT2D eigenvalue weighted by atomic mass is 15.2. The van der Waals surface area contributed by atoms with Crippen LogP contribution in [0.3, 0.4) is 0 Å². The van der Waals surface area contributed by atoms with E-state index < -0.39 is 0 Å². The van der Waals surface area contributed by atoms with Crippen LogP contribution in [0.1, 0.15) is 38.3 Å². The van der Waals surface area contributed by atoms with Crippen LogP contribution < -0.4 is 5.73 Å². The van der Waals surface area contributed by atoms with Crippen LogP contribution in [0.2, 0.25) is 0 Å². The molecule has 3 rings (SSSR count). The Morgan fingerprint density at radius 2 is 1.67 bits per heavy atom. The zero-order valence-electron chi connectivity index (χ0n) is 13.1. The van der Waals surface area contributed by atoms with Crippen molar-refractivity contribution in [3.63, 3.8) is 0 Å². The molecular formula is C19H26N2. The minimum absolute atomic E-state index is 0.336. The second-order valence-electron chi connectivity index (χ2n) is 6.52. The molecule has 112 valence electrons. The minimum Gasteiger partial charge on any atom is -0.328 e. The summed E-state index contributed by atoms with van der Waals surface area (Å²) >= 11 is 0. The lowest BCUT2D eigenvalue weighted by Crippen LogP contribution is -2.40. The van der Waals surface area contributed by atoms with Crippen LogP contribution in [-0.4, -0.2) is 24.0 Å². The normalized spacial score (nSPS) is 20.5. The van der Waals surface area contributed by atoms with Crippen LogP contribution >= 0.6 is 0 Å². The van der Waals surface area contributed by atoms with Crippen LogP contribution in [0.25, 0.3) is 10.8 Å². The molecule has 1 aliphatic heterocycles. The van der Waals surface area contributed by atoms with E-state index in [-0.39, 0.29) is 0 Å². The van der Waals surface area contributed by atoms with Gasteiger partial charge in [-0.15, -0.1) is 0 Å². The molecule has 1 aliphatic rings. The maximum absolute atomic E-state index is 6.04. The number of hydrogen-bond donors (Lipinski definition) is 1. The Morgan fingerprint density at radius 1 is 1.00 bits per heavy atom. The molecule has 2 aromatic rings. The quantitative estimate of drug-likeness (QED) is 0.923. The topological polar surface area (TPSA) is 29.3 Å². The average Bonchev–Trinajstić information content (AvgIpc) is 2.54. The molecule has 2 N–H and O–H groups in total. The molecule has 1 fully saturated rings. The summed E-state index contributed by atoms with van der Waals surface area (Å²) in [5.41, 5.74) is 7.47. The van der Waals surface area contributed by atoms with Gasteiger partial charge >= 0.3 is 0 Å². The number of likely N-dealkylation sites (tertiary alicyclic amines) is 1. The van der Waals surface area contributed by atoms with E-state index >= 15 is 0 Å². The molecule has 0 spiro atoms. The van der Waals surface area contributed by atoms with E-state index in [1.807, 2.05) is 0 Å². The maximum atomic E-state index is 6.04. The van der Waals surface area contributed by atoms with Gasteiger partial charge in [-0.3, -0.25) is 4.90 Å². The zero-order chi connectivity index (χ0) is 14.8. The maximum Gasteiger partial charge on any atom is 0.0320 e. The molecule has 21 heavy (non-hydrogen) atoms. The molecular weight excluding hydrogens is 256 g/mol. The van der Waals surface area contributed by atoms with Gasteiger partial charge in [0.1, 0.15) is 0 Å². The molecule has 0 aliphatic carbocycles. The summed E-state index contributed by atoms with van der Waals surface area (Å²) in [7, 11) is 0. The number of nitrogens with zero attached hydrogens (tertiary/aromatic N) is 1. The predicted octanol–water partition coefficient (Wildman–Crippen LogP) is 3.96. The van der Waals surface area contributed by atoms with Crippen molar-refractivity contribution in [3.05, 3.63) is 48.0 Å². The number of nitrogens with two attached hydrogens (primary N) is 1. The summed E-state index contributed by atoms with van der Waals surface area (Å²) in [6, 6.07) is 16.3. The van der Waals surface area contributed by atoms with Gasteiger partial charge in [0.15, 0.2) is 0 Å². The van der Waals surface area contributed by atoms with Crippen LogP contribution in [0.5, 0.6) is 0 Å². The van der Waals surface area contributed by atoms with Crippen LogP contribution in [0.15, 0.2) is 42.5 Å². The van der Waals surface area contributed by atoms with Gasteiger partial charge < -0.3 is 5.73 Å². The van der Waals surface area contributed by atoms with Gasteiger partial charge in [0.2, 0.25) is 0 Å². The molecule has 2 heteroatoms. The number of piperidine rings is 1. The predicted molar refractivity (Wildman–Crippen MR) is 90.3 cm³/mol. The van der Waals surface area contributed by atoms with E-state index in [4.69, 9.17) is 5.73 Å². The zero-order valence-corrected chi connectivity index (χ0v) is 13.1. The lowest BCUT2D eigenvalue weighted by Gasteiger charge is -2.37. The molecule has 0 amide bonds. The van der Waals surface area contributed by atoms with E-state index in [0.717, 1.165) is 0 Å². The van der Waals surface area contributed by atoms with Crippen LogP contribution in [-0.2, 0) is 0 Å². The van der Waals surface area contributed by atoms with Crippen LogP contribution in [0, 0.1) is 5.92 Å². The van der Waals surface area contributed by atoms with Gasteiger partial charge in [-0.05, 0) is 68.1 Å². The summed E-state index contributed by atoms with van der Waals surface area (Å²) in [4.78, 5) is 2.60. The van der Waals surface area contributed by atoms with Crippen molar-refractivity contribution in [1.29, 1.82) is 0 Å². The van der Waals surface area contributed by atoms with Gasteiger partial charge in [0.25, 0.3) is 0 Å². The molecule has 0 saturated carbocycles. The summed E-state index contributed by atoms with van der Waals surface area (Å²) in [5, 5.41) is 2.66. The molecule has 2 aromatic carbocycles. The third-order valence-corrected chi connectivity index (χ3v) is 5.12.